The molecule has 1 aromatic heterocycles. The van der Waals surface area contributed by atoms with E-state index in [0.29, 0.717) is 5.92 Å². The zero-order chi connectivity index (χ0) is 16.9. The highest BCUT2D eigenvalue weighted by Gasteiger charge is 2.23. The summed E-state index contributed by atoms with van der Waals surface area (Å²) in [5.74, 6) is 0.633. The molecule has 2 aromatic rings. The Kier molecular flexibility index (Phi) is 5.21. The van der Waals surface area contributed by atoms with Gasteiger partial charge < -0.3 is 5.73 Å². The van der Waals surface area contributed by atoms with Crippen LogP contribution in [-0.2, 0) is 0 Å². The first-order chi connectivity index (χ1) is 11.6. The van der Waals surface area contributed by atoms with E-state index in [4.69, 9.17) is 10.7 Å². The monoisotopic (exact) mass is 319 g/mol. The number of aromatic nitrogens is 1. The lowest BCUT2D eigenvalue weighted by molar-refractivity contribution is 0.479. The molecule has 0 amide bonds. The van der Waals surface area contributed by atoms with Gasteiger partial charge in [0.25, 0.3) is 0 Å². The Balaban J connectivity index is 2.01. The third-order valence-electron chi connectivity index (χ3n) is 4.56. The van der Waals surface area contributed by atoms with Gasteiger partial charge >= 0.3 is 0 Å². The summed E-state index contributed by atoms with van der Waals surface area (Å²) in [6.07, 6.45) is 6.16. The quantitative estimate of drug-likeness (QED) is 0.853. The lowest BCUT2D eigenvalue weighted by atomic mass is 9.83. The summed E-state index contributed by atoms with van der Waals surface area (Å²) in [7, 11) is 0. The maximum absolute atomic E-state index is 6.46. The molecular weight excluding hydrogens is 294 g/mol. The van der Waals surface area contributed by atoms with Gasteiger partial charge in [0.15, 0.2) is 0 Å². The maximum Gasteiger partial charge on any atom is 0.0899 e. The van der Waals surface area contributed by atoms with Crippen molar-refractivity contribution >= 4 is 5.71 Å². The molecule has 1 heterocycles. The third-order valence-corrected chi connectivity index (χ3v) is 4.56. The summed E-state index contributed by atoms with van der Waals surface area (Å²) in [5.41, 5.74) is 10.7. The Morgan fingerprint density at radius 1 is 1.17 bits per heavy atom. The fraction of sp³-hybridized carbons (Fsp3) is 0.333. The number of pyridine rings is 1. The van der Waals surface area contributed by atoms with E-state index in [1.54, 1.807) is 0 Å². The van der Waals surface area contributed by atoms with Gasteiger partial charge in [0, 0.05) is 17.8 Å². The van der Waals surface area contributed by atoms with Crippen molar-refractivity contribution in [3.05, 3.63) is 77.6 Å². The first-order valence-corrected chi connectivity index (χ1v) is 8.65. The van der Waals surface area contributed by atoms with Crippen molar-refractivity contribution in [1.82, 2.24) is 4.98 Å². The molecule has 1 aliphatic rings. The molecule has 3 rings (SSSR count). The normalized spacial score (nSPS) is 22.8. The van der Waals surface area contributed by atoms with Crippen molar-refractivity contribution in [2.75, 3.05) is 0 Å². The molecule has 0 fully saturated rings. The van der Waals surface area contributed by atoms with E-state index in [-0.39, 0.29) is 12.1 Å². The van der Waals surface area contributed by atoms with Crippen LogP contribution >= 0.6 is 0 Å². The average Bonchev–Trinajstić information content (AvgIpc) is 2.61. The fourth-order valence-electron chi connectivity index (χ4n) is 3.20. The Hall–Kier alpha value is -2.26. The molecule has 3 nitrogen and oxygen atoms in total. The number of benzene rings is 1. The summed E-state index contributed by atoms with van der Waals surface area (Å²) in [5, 5.41) is 0. The summed E-state index contributed by atoms with van der Waals surface area (Å²) in [6.45, 7) is 4.34. The minimum atomic E-state index is -0.00569. The smallest absolute Gasteiger partial charge is 0.0899 e. The van der Waals surface area contributed by atoms with E-state index in [0.717, 1.165) is 29.8 Å². The Morgan fingerprint density at radius 2 is 1.92 bits per heavy atom. The number of hydrogen-bond acceptors (Lipinski definition) is 3. The molecule has 0 saturated heterocycles. The molecule has 0 saturated carbocycles. The number of nitrogens with zero attached hydrogens (tertiary/aromatic N) is 2. The second-order valence-electron chi connectivity index (χ2n) is 6.62. The Labute approximate surface area is 144 Å². The van der Waals surface area contributed by atoms with Gasteiger partial charge in [-0.15, -0.1) is 0 Å². The molecule has 1 aliphatic carbocycles. The van der Waals surface area contributed by atoms with E-state index in [9.17, 15) is 0 Å². The number of aliphatic imine (C=N–C) groups is 1. The molecule has 1 aromatic carbocycles. The van der Waals surface area contributed by atoms with Crippen LogP contribution in [0.4, 0.5) is 0 Å². The molecule has 0 radical (unpaired) electrons. The maximum atomic E-state index is 6.46. The molecule has 2 N–H and O–H groups in total. The number of hydrogen-bond donors (Lipinski definition) is 1. The lowest BCUT2D eigenvalue weighted by Gasteiger charge is -2.27. The van der Waals surface area contributed by atoms with Crippen molar-refractivity contribution in [3.8, 4) is 0 Å². The van der Waals surface area contributed by atoms with Gasteiger partial charge in [0.1, 0.15) is 0 Å². The molecule has 0 spiro atoms. The van der Waals surface area contributed by atoms with Gasteiger partial charge in [-0.05, 0) is 43.4 Å². The predicted octanol–water partition coefficient (Wildman–Crippen LogP) is 4.32. The highest BCUT2D eigenvalue weighted by molar-refractivity contribution is 6.13. The number of rotatable bonds is 4. The van der Waals surface area contributed by atoms with Crippen LogP contribution in [0.2, 0.25) is 0 Å². The van der Waals surface area contributed by atoms with Crippen molar-refractivity contribution in [1.29, 1.82) is 0 Å². The van der Waals surface area contributed by atoms with Gasteiger partial charge in [0.2, 0.25) is 0 Å². The molecule has 24 heavy (non-hydrogen) atoms. The minimum Gasteiger partial charge on any atom is -0.324 e. The standard InChI is InChI=1S/C21H25N3/c1-15-11-12-18(19(22)14-15)21(17-8-4-3-5-9-17)24-16(2)20-10-6-7-13-23-20/h3-10,12-13,15-16,19H,11,14,22H2,1-2H3. The van der Waals surface area contributed by atoms with E-state index < -0.39 is 0 Å². The van der Waals surface area contributed by atoms with Crippen molar-refractivity contribution < 1.29 is 0 Å². The fourth-order valence-corrected chi connectivity index (χ4v) is 3.20. The molecule has 3 heteroatoms. The molecule has 3 atom stereocenters. The summed E-state index contributed by atoms with van der Waals surface area (Å²) in [4.78, 5) is 9.47. The topological polar surface area (TPSA) is 51.3 Å². The second kappa shape index (κ2) is 7.54. The highest BCUT2D eigenvalue weighted by Crippen LogP contribution is 2.27. The van der Waals surface area contributed by atoms with Gasteiger partial charge in [-0.1, -0.05) is 49.4 Å². The van der Waals surface area contributed by atoms with Gasteiger partial charge in [0.05, 0.1) is 17.4 Å². The van der Waals surface area contributed by atoms with E-state index in [2.05, 4.69) is 37.0 Å². The lowest BCUT2D eigenvalue weighted by Crippen LogP contribution is -2.32. The largest absolute Gasteiger partial charge is 0.324 e. The molecule has 124 valence electrons. The zero-order valence-electron chi connectivity index (χ0n) is 14.4. The third kappa shape index (κ3) is 3.80. The van der Waals surface area contributed by atoms with Crippen LogP contribution in [-0.4, -0.2) is 16.7 Å². The van der Waals surface area contributed by atoms with Crippen LogP contribution in [0, 0.1) is 5.92 Å². The Bertz CT molecular complexity index is 719. The summed E-state index contributed by atoms with van der Waals surface area (Å²) in [6, 6.07) is 16.3. The first kappa shape index (κ1) is 16.6. The van der Waals surface area contributed by atoms with Crippen LogP contribution in [0.25, 0.3) is 0 Å². The van der Waals surface area contributed by atoms with Crippen molar-refractivity contribution in [2.45, 2.75) is 38.8 Å². The molecule has 0 aliphatic heterocycles. The molecule has 3 unspecified atom stereocenters. The second-order valence-corrected chi connectivity index (χ2v) is 6.62. The average molecular weight is 319 g/mol. The molecule has 0 bridgehead atoms. The van der Waals surface area contributed by atoms with Gasteiger partial charge in [-0.25, -0.2) is 0 Å². The van der Waals surface area contributed by atoms with Crippen LogP contribution < -0.4 is 5.73 Å². The number of nitrogens with two attached hydrogens (primary N) is 1. The predicted molar refractivity (Wildman–Crippen MR) is 100 cm³/mol. The van der Waals surface area contributed by atoms with Crippen LogP contribution in [0.1, 0.15) is 44.0 Å². The van der Waals surface area contributed by atoms with Crippen molar-refractivity contribution in [3.63, 3.8) is 0 Å². The van der Waals surface area contributed by atoms with Crippen LogP contribution in [0.5, 0.6) is 0 Å². The molecular formula is C21H25N3. The van der Waals surface area contributed by atoms with E-state index in [1.165, 1.54) is 5.57 Å². The SMILES string of the molecule is CC1CC=C(C(=NC(C)c2ccccn2)c2ccccc2)C(N)C1. The van der Waals surface area contributed by atoms with E-state index >= 15 is 0 Å². The number of allylic oxidation sites excluding steroid dienone is 1. The van der Waals surface area contributed by atoms with Crippen molar-refractivity contribution in [2.24, 2.45) is 16.6 Å². The van der Waals surface area contributed by atoms with Gasteiger partial charge in [-0.2, -0.15) is 0 Å². The summed E-state index contributed by atoms with van der Waals surface area (Å²) >= 11 is 0. The first-order valence-electron chi connectivity index (χ1n) is 8.65. The zero-order valence-corrected chi connectivity index (χ0v) is 14.4. The van der Waals surface area contributed by atoms with Crippen LogP contribution in [0.15, 0.2) is 71.4 Å². The van der Waals surface area contributed by atoms with Gasteiger partial charge in [-0.3, -0.25) is 9.98 Å². The van der Waals surface area contributed by atoms with Crippen LogP contribution in [0.3, 0.4) is 0 Å². The highest BCUT2D eigenvalue weighted by atomic mass is 14.9. The Morgan fingerprint density at radius 3 is 2.58 bits per heavy atom. The summed E-state index contributed by atoms with van der Waals surface area (Å²) < 4.78 is 0. The minimum absolute atomic E-state index is 0.00569. The van der Waals surface area contributed by atoms with E-state index in [1.807, 2.05) is 42.6 Å².